The van der Waals surface area contributed by atoms with E-state index in [0.29, 0.717) is 12.5 Å². The van der Waals surface area contributed by atoms with Gasteiger partial charge in [0.05, 0.1) is 5.56 Å². The fourth-order valence-corrected chi connectivity index (χ4v) is 2.30. The summed E-state index contributed by atoms with van der Waals surface area (Å²) in [5.41, 5.74) is -1.29. The molecule has 1 aromatic carbocycles. The van der Waals surface area contributed by atoms with E-state index in [2.05, 4.69) is 15.6 Å². The van der Waals surface area contributed by atoms with Crippen LogP contribution in [-0.2, 0) is 17.5 Å². The standard InChI is InChI=1S/C19H29F3N4O2/c1-18(2,3)28-14-8-7-13(15(11-14)19(20,21)22)12-25-17(23-4)24-10-9-16(27)26(5)6/h7-8,11H,9-10,12H2,1-6H3,(H2,23,24,25). The van der Waals surface area contributed by atoms with Gasteiger partial charge in [0.1, 0.15) is 11.4 Å². The Kier molecular flexibility index (Phi) is 8.14. The zero-order chi connectivity index (χ0) is 21.5. The molecule has 0 unspecified atom stereocenters. The number of benzene rings is 1. The van der Waals surface area contributed by atoms with E-state index in [4.69, 9.17) is 4.74 Å². The summed E-state index contributed by atoms with van der Waals surface area (Å²) in [6.07, 6.45) is -4.26. The molecule has 0 atom stereocenters. The summed E-state index contributed by atoms with van der Waals surface area (Å²) >= 11 is 0. The first kappa shape index (κ1) is 23.6. The lowest BCUT2D eigenvalue weighted by Crippen LogP contribution is -2.39. The molecule has 0 aliphatic heterocycles. The Hall–Kier alpha value is -2.45. The van der Waals surface area contributed by atoms with Crippen LogP contribution in [0, 0.1) is 0 Å². The van der Waals surface area contributed by atoms with Gasteiger partial charge >= 0.3 is 6.18 Å². The van der Waals surface area contributed by atoms with E-state index >= 15 is 0 Å². The number of hydrogen-bond donors (Lipinski definition) is 2. The lowest BCUT2D eigenvalue weighted by atomic mass is 10.1. The van der Waals surface area contributed by atoms with Crippen LogP contribution in [0.1, 0.15) is 38.3 Å². The lowest BCUT2D eigenvalue weighted by Gasteiger charge is -2.23. The van der Waals surface area contributed by atoms with Crippen LogP contribution in [0.3, 0.4) is 0 Å². The first-order valence-electron chi connectivity index (χ1n) is 8.87. The van der Waals surface area contributed by atoms with Crippen molar-refractivity contribution in [3.63, 3.8) is 0 Å². The second-order valence-electron chi connectivity index (χ2n) is 7.42. The Bertz CT molecular complexity index is 695. The van der Waals surface area contributed by atoms with Crippen LogP contribution in [0.25, 0.3) is 0 Å². The summed E-state index contributed by atoms with van der Waals surface area (Å²) in [4.78, 5) is 17.0. The molecule has 1 aromatic rings. The van der Waals surface area contributed by atoms with Gasteiger partial charge in [-0.05, 0) is 38.5 Å². The van der Waals surface area contributed by atoms with Crippen LogP contribution < -0.4 is 15.4 Å². The number of carbonyl (C=O) groups is 1. The second kappa shape index (κ2) is 9.66. The third kappa shape index (κ3) is 8.06. The predicted octanol–water partition coefficient (Wildman–Crippen LogP) is 3.03. The van der Waals surface area contributed by atoms with Crippen molar-refractivity contribution in [2.45, 2.75) is 45.5 Å². The highest BCUT2D eigenvalue weighted by Gasteiger charge is 2.34. The van der Waals surface area contributed by atoms with Crippen molar-refractivity contribution >= 4 is 11.9 Å². The lowest BCUT2D eigenvalue weighted by molar-refractivity contribution is -0.138. The summed E-state index contributed by atoms with van der Waals surface area (Å²) in [5.74, 6) is 0.416. The maximum absolute atomic E-state index is 13.5. The van der Waals surface area contributed by atoms with Crippen molar-refractivity contribution in [1.82, 2.24) is 15.5 Å². The first-order valence-corrected chi connectivity index (χ1v) is 8.87. The number of carbonyl (C=O) groups excluding carboxylic acids is 1. The average molecular weight is 402 g/mol. The van der Waals surface area contributed by atoms with Crippen LogP contribution in [0.2, 0.25) is 0 Å². The van der Waals surface area contributed by atoms with Gasteiger partial charge in [-0.15, -0.1) is 0 Å². The molecule has 6 nitrogen and oxygen atoms in total. The van der Waals surface area contributed by atoms with Crippen LogP contribution in [0.5, 0.6) is 5.75 Å². The fraction of sp³-hybridized carbons (Fsp3) is 0.579. The molecule has 0 saturated carbocycles. The Morgan fingerprint density at radius 2 is 1.82 bits per heavy atom. The van der Waals surface area contributed by atoms with Gasteiger partial charge in [0, 0.05) is 40.7 Å². The minimum Gasteiger partial charge on any atom is -0.488 e. The summed E-state index contributed by atoms with van der Waals surface area (Å²) in [6.45, 7) is 5.55. The van der Waals surface area contributed by atoms with Gasteiger partial charge in [0.2, 0.25) is 5.91 Å². The molecule has 158 valence electrons. The molecule has 0 spiro atoms. The molecular weight excluding hydrogens is 373 g/mol. The number of hydrogen-bond acceptors (Lipinski definition) is 3. The Morgan fingerprint density at radius 1 is 1.18 bits per heavy atom. The number of nitrogens with one attached hydrogen (secondary N) is 2. The van der Waals surface area contributed by atoms with E-state index in [9.17, 15) is 18.0 Å². The topological polar surface area (TPSA) is 66.0 Å². The summed E-state index contributed by atoms with van der Waals surface area (Å²) < 4.78 is 45.9. The van der Waals surface area contributed by atoms with E-state index in [1.165, 1.54) is 24.1 Å². The minimum absolute atomic E-state index is 0.0586. The molecule has 1 amide bonds. The molecule has 9 heteroatoms. The van der Waals surface area contributed by atoms with Gasteiger partial charge in [0.25, 0.3) is 0 Å². The van der Waals surface area contributed by atoms with E-state index < -0.39 is 17.3 Å². The van der Waals surface area contributed by atoms with E-state index in [1.807, 2.05) is 0 Å². The third-order valence-electron chi connectivity index (χ3n) is 3.61. The predicted molar refractivity (Wildman–Crippen MR) is 103 cm³/mol. The molecule has 2 N–H and O–H groups in total. The van der Waals surface area contributed by atoms with Crippen molar-refractivity contribution in [3.05, 3.63) is 29.3 Å². The number of halogens is 3. The van der Waals surface area contributed by atoms with E-state index in [-0.39, 0.29) is 30.2 Å². The number of amides is 1. The van der Waals surface area contributed by atoms with Gasteiger partial charge in [0.15, 0.2) is 5.96 Å². The SMILES string of the molecule is CN=C(NCCC(=O)N(C)C)NCc1ccc(OC(C)(C)C)cc1C(F)(F)F. The number of nitrogens with zero attached hydrogens (tertiary/aromatic N) is 2. The molecule has 1 rings (SSSR count). The highest BCUT2D eigenvalue weighted by Crippen LogP contribution is 2.35. The number of guanidine groups is 1. The van der Waals surface area contributed by atoms with Crippen molar-refractivity contribution in [3.8, 4) is 5.75 Å². The van der Waals surface area contributed by atoms with Crippen LogP contribution in [0.4, 0.5) is 13.2 Å². The zero-order valence-electron chi connectivity index (χ0n) is 17.2. The molecule has 0 aliphatic rings. The van der Waals surface area contributed by atoms with Gasteiger partial charge in [-0.2, -0.15) is 13.2 Å². The van der Waals surface area contributed by atoms with Gasteiger partial charge in [-0.1, -0.05) is 6.07 Å². The highest BCUT2D eigenvalue weighted by molar-refractivity contribution is 5.81. The van der Waals surface area contributed by atoms with Gasteiger partial charge in [-0.3, -0.25) is 9.79 Å². The fourth-order valence-electron chi connectivity index (χ4n) is 2.30. The molecular formula is C19H29F3N4O2. The average Bonchev–Trinajstić information content (AvgIpc) is 2.56. The molecule has 0 aromatic heterocycles. The van der Waals surface area contributed by atoms with E-state index in [0.717, 1.165) is 6.07 Å². The number of rotatable bonds is 6. The molecule has 0 heterocycles. The molecule has 0 bridgehead atoms. The summed E-state index contributed by atoms with van der Waals surface area (Å²) in [5, 5.41) is 5.75. The maximum Gasteiger partial charge on any atom is 0.416 e. The Morgan fingerprint density at radius 3 is 2.32 bits per heavy atom. The van der Waals surface area contributed by atoms with Crippen molar-refractivity contribution in [2.75, 3.05) is 27.7 Å². The summed E-state index contributed by atoms with van der Waals surface area (Å²) in [6, 6.07) is 3.91. The smallest absolute Gasteiger partial charge is 0.416 e. The summed E-state index contributed by atoms with van der Waals surface area (Å²) in [7, 11) is 4.82. The van der Waals surface area contributed by atoms with Crippen molar-refractivity contribution < 1.29 is 22.7 Å². The zero-order valence-corrected chi connectivity index (χ0v) is 17.2. The normalized spacial score (nSPS) is 12.5. The maximum atomic E-state index is 13.5. The number of alkyl halides is 3. The number of aliphatic imine (C=N–C) groups is 1. The third-order valence-corrected chi connectivity index (χ3v) is 3.61. The molecule has 0 saturated heterocycles. The molecule has 0 radical (unpaired) electrons. The second-order valence-corrected chi connectivity index (χ2v) is 7.42. The Labute approximate surface area is 164 Å². The Balaban J connectivity index is 2.82. The largest absolute Gasteiger partial charge is 0.488 e. The minimum atomic E-state index is -4.51. The molecule has 0 aliphatic carbocycles. The van der Waals surface area contributed by atoms with E-state index in [1.54, 1.807) is 34.9 Å². The van der Waals surface area contributed by atoms with Gasteiger partial charge < -0.3 is 20.3 Å². The van der Waals surface area contributed by atoms with Crippen LogP contribution in [-0.4, -0.2) is 50.1 Å². The van der Waals surface area contributed by atoms with Crippen LogP contribution >= 0.6 is 0 Å². The monoisotopic (exact) mass is 402 g/mol. The molecule has 0 fully saturated rings. The first-order chi connectivity index (χ1) is 12.8. The number of ether oxygens (including phenoxy) is 1. The highest BCUT2D eigenvalue weighted by atomic mass is 19.4. The van der Waals surface area contributed by atoms with Gasteiger partial charge in [-0.25, -0.2) is 0 Å². The quantitative estimate of drug-likeness (QED) is 0.567. The molecule has 28 heavy (non-hydrogen) atoms. The van der Waals surface area contributed by atoms with Crippen molar-refractivity contribution in [1.29, 1.82) is 0 Å². The van der Waals surface area contributed by atoms with Crippen LogP contribution in [0.15, 0.2) is 23.2 Å². The van der Waals surface area contributed by atoms with Crippen molar-refractivity contribution in [2.24, 2.45) is 4.99 Å².